The summed E-state index contributed by atoms with van der Waals surface area (Å²) in [6.07, 6.45) is 0. The quantitative estimate of drug-likeness (QED) is 0.0192. The third-order valence-electron chi connectivity index (χ3n) is 10.2. The van der Waals surface area contributed by atoms with E-state index < -0.39 is 32.6 Å². The Bertz CT molecular complexity index is 1790. The van der Waals surface area contributed by atoms with Crippen LogP contribution in [0.25, 0.3) is 25.4 Å². The second kappa shape index (κ2) is 56.2. The summed E-state index contributed by atoms with van der Waals surface area (Å²) in [4.78, 5) is 31.5. The molecular weight excluding hydrogens is 1520 g/mol. The molecule has 407 valence electrons. The van der Waals surface area contributed by atoms with Crippen LogP contribution in [0.3, 0.4) is 0 Å². The molecule has 0 aromatic heterocycles. The van der Waals surface area contributed by atoms with Gasteiger partial charge in [0.2, 0.25) is 10.0 Å². The first kappa shape index (κ1) is 90.6. The van der Waals surface area contributed by atoms with E-state index in [-0.39, 0.29) is 230 Å². The Morgan fingerprint density at radius 2 is 1.29 bits per heavy atom. The molecule has 2 fully saturated rings. The van der Waals surface area contributed by atoms with Crippen molar-refractivity contribution in [1.82, 2.24) is 14.9 Å². The van der Waals surface area contributed by atoms with Gasteiger partial charge in [-0.25, -0.2) is 54.8 Å². The summed E-state index contributed by atoms with van der Waals surface area (Å²) >= 11 is 0. The molecule has 2 heterocycles. The number of nitro benzene ring substituents is 1. The molecule has 2 aromatic rings. The molecule has 5 radical (unpaired) electrons. The molecule has 2 saturated heterocycles. The molecule has 6 N–H and O–H groups in total. The number of hydrogen-bond acceptors (Lipinski definition) is 11. The van der Waals surface area contributed by atoms with Gasteiger partial charge < -0.3 is 91.4 Å². The van der Waals surface area contributed by atoms with Gasteiger partial charge in [-0.05, 0) is 36.9 Å². The zero-order valence-electron chi connectivity index (χ0n) is 41.2. The molecule has 2 aliphatic rings. The van der Waals surface area contributed by atoms with Gasteiger partial charge in [-0.15, -0.1) is 95.5 Å². The molecule has 19 atom stereocenters. The Labute approximate surface area is 584 Å². The van der Waals surface area contributed by atoms with Crippen molar-refractivity contribution in [2.75, 3.05) is 59.0 Å². The topological polar surface area (TPSA) is 276 Å². The van der Waals surface area contributed by atoms with Crippen molar-refractivity contribution in [1.29, 1.82) is 0 Å². The molecule has 2 aliphatic heterocycles. The van der Waals surface area contributed by atoms with Crippen LogP contribution in [0, 0.1) is 74.3 Å². The van der Waals surface area contributed by atoms with Crippen molar-refractivity contribution < 1.29 is 197 Å². The van der Waals surface area contributed by atoms with Gasteiger partial charge in [0.05, 0.1) is 4.92 Å². The minimum absolute atomic E-state index is 0. The maximum atomic E-state index is 12.5. The van der Waals surface area contributed by atoms with E-state index in [1.807, 2.05) is 18.2 Å². The van der Waals surface area contributed by atoms with Crippen LogP contribution >= 0.6 is 86.7 Å². The van der Waals surface area contributed by atoms with Gasteiger partial charge in [-0.3, -0.25) is 14.9 Å². The summed E-state index contributed by atoms with van der Waals surface area (Å²) in [6.45, 7) is 25.4. The van der Waals surface area contributed by atoms with Crippen LogP contribution in [0.4, 0.5) is 5.69 Å². The van der Waals surface area contributed by atoms with Crippen molar-refractivity contribution in [2.45, 2.75) is 42.5 Å². The Hall–Kier alpha value is 6.38. The van der Waals surface area contributed by atoms with Crippen molar-refractivity contribution in [3.63, 3.8) is 0 Å². The molecule has 0 aliphatic carbocycles. The summed E-state index contributed by atoms with van der Waals surface area (Å²) in [6, 6.07) is 15.3. The van der Waals surface area contributed by atoms with Gasteiger partial charge in [0.1, 0.15) is 5.78 Å². The van der Waals surface area contributed by atoms with Gasteiger partial charge in [0, 0.05) is 208 Å². The van der Waals surface area contributed by atoms with Crippen LogP contribution in [-0.4, -0.2) is 123 Å². The Morgan fingerprint density at radius 3 is 1.68 bits per heavy atom. The molecule has 4 rings (SSSR count). The Morgan fingerprint density at radius 1 is 0.822 bits per heavy atom. The number of benzene rings is 2. The standard InChI is InChI=1S/C12H20N2OP2.C11H15N3O4P2S.C6H11NO2P2.C5H14N2OP2.C5H12N2P2.5Y/c1-10(12(9-15)8-14-17-16)13-7-11-5-3-2-4-6-11;1-8-9(6-12-20-19)7-13(8)21(17,18)11-5-3-2-4-10(11)14(15)16;1-4(8)6(5(2)9)3-7-11-10;1-4(6)5(3-8)2-7-10-9;1-4-5(2-6-4)3-7-9-8;;;;;/h2-6,10,12-13,15,17H,1,7-9,16H2;2-5,8-9,20H,1,6-7,19H2;6,11H,1,3,10H2,2H3;4-5,8,10H,1-3,6,9H2;4-6,9H,1-3,8H2;;;;;/q5*-2;;;;;. The Kier molecular flexibility index (Phi) is 69.7. The minimum Gasteiger partial charge on any atom is -0.636 e. The molecular formula is C39H72N10O8P10SY5-10. The summed E-state index contributed by atoms with van der Waals surface area (Å²) in [5.41, 5.74) is 6.27. The van der Waals surface area contributed by atoms with Crippen LogP contribution in [-0.2, 0) is 190 Å². The van der Waals surface area contributed by atoms with Gasteiger partial charge in [0.25, 0.3) is 5.69 Å². The zero-order chi connectivity index (χ0) is 51.7. The molecule has 0 spiro atoms. The maximum Gasteiger partial charge on any atom is 0.289 e. The number of Topliss-reactive ketones (excluding diaryl/α,β-unsaturated/α-hetero) is 2. The maximum absolute atomic E-state index is 12.5. The second-order valence-corrected chi connectivity index (χ2v) is 23.5. The molecule has 2 aromatic carbocycles. The largest absolute Gasteiger partial charge is 0.636 e. The number of nitrogens with one attached hydrogen (secondary N) is 2. The predicted octanol–water partition coefficient (Wildman–Crippen LogP) is 7.54. The van der Waals surface area contributed by atoms with E-state index in [1.165, 1.54) is 41.1 Å². The first-order valence-electron chi connectivity index (χ1n) is 20.8. The summed E-state index contributed by atoms with van der Waals surface area (Å²) in [5, 5.41) is 56.2. The average molecular weight is 1600 g/mol. The number of nitrogens with two attached hydrogens (primary N) is 1. The number of nitro groups is 1. The third kappa shape index (κ3) is 39.7. The number of ketones is 2. The Balaban J connectivity index is -0.000000196. The second-order valence-electron chi connectivity index (χ2n) is 14.9. The van der Waals surface area contributed by atoms with Gasteiger partial charge in [-0.2, -0.15) is 0 Å². The first-order valence-corrected chi connectivity index (χ1v) is 36.1. The number of aliphatic hydroxyl groups is 2. The number of para-hydroxylation sites is 1. The molecule has 18 nitrogen and oxygen atoms in total. The van der Waals surface area contributed by atoms with Crippen LogP contribution in [0.5, 0.6) is 0 Å². The average Bonchev–Trinajstić information content (AvgIpc) is 3.31. The number of aliphatic hydroxyl groups excluding tert-OH is 2. The van der Waals surface area contributed by atoms with E-state index in [0.29, 0.717) is 80.2 Å². The van der Waals surface area contributed by atoms with Gasteiger partial charge >= 0.3 is 0 Å². The molecule has 0 bridgehead atoms. The minimum atomic E-state index is -3.90. The van der Waals surface area contributed by atoms with Crippen molar-refractivity contribution >= 4 is 114 Å². The number of hydrogen-bond donors (Lipinski definition) is 5. The fraction of sp³-hybridized carbons (Fsp3) is 0.513. The van der Waals surface area contributed by atoms with Crippen LogP contribution in [0.15, 0.2) is 59.5 Å². The van der Waals surface area contributed by atoms with E-state index in [0.717, 1.165) is 19.6 Å². The molecule has 0 saturated carbocycles. The van der Waals surface area contributed by atoms with Crippen molar-refractivity contribution in [2.24, 2.45) is 35.3 Å². The summed E-state index contributed by atoms with van der Waals surface area (Å²) in [5.74, 6) is -0.238. The van der Waals surface area contributed by atoms with Gasteiger partial charge in [0.15, 0.2) is 4.90 Å². The number of nitrogens with zero attached hydrogens (tertiary/aromatic N) is 7. The molecule has 0 amide bonds. The van der Waals surface area contributed by atoms with Crippen LogP contribution in [0.2, 0.25) is 0 Å². The molecule has 73 heavy (non-hydrogen) atoms. The SMILES string of the molecule is [CH2-]C(=O)C(C[N-]PP)C(C)=O.[CH2-]C(N)C(CO)C[N-]PP.[CH2-]C(NCc1ccccc1)C(CO)C[N-]PP.[CH2-]C1C(C[N-]PP)CN1S(=O)(=O)c1ccccc1[N+](=O)[O-].[CH2-]C1NCC1C[N-]PP.[Y].[Y].[Y].[Y].[Y]. The molecule has 19 unspecified atom stereocenters. The number of carbonyl (C=O) groups is 2. The summed E-state index contributed by atoms with van der Waals surface area (Å²) < 4.78 is 26.2. The predicted molar refractivity (Wildman–Crippen MR) is 313 cm³/mol. The third-order valence-corrected chi connectivity index (χ3v) is 16.7. The number of carbonyl (C=O) groups excluding carboxylic acids is 2. The van der Waals surface area contributed by atoms with E-state index in [4.69, 9.17) is 10.8 Å². The van der Waals surface area contributed by atoms with E-state index in [1.54, 1.807) is 0 Å². The summed E-state index contributed by atoms with van der Waals surface area (Å²) in [7, 11) is 11.1. The van der Waals surface area contributed by atoms with Crippen molar-refractivity contribution in [3.05, 3.63) is 130 Å². The van der Waals surface area contributed by atoms with Gasteiger partial charge in [-0.1, -0.05) is 60.3 Å². The van der Waals surface area contributed by atoms with E-state index >= 15 is 0 Å². The monoisotopic (exact) mass is 1590 g/mol. The smallest absolute Gasteiger partial charge is 0.289 e. The number of rotatable bonds is 27. The van der Waals surface area contributed by atoms with E-state index in [9.17, 15) is 33.2 Å². The molecule has 34 heteroatoms. The fourth-order valence-corrected chi connectivity index (χ4v) is 10.6. The van der Waals surface area contributed by atoms with E-state index in [2.05, 4.69) is 127 Å². The zero-order valence-corrected chi connectivity index (χ0v) is 67.0. The van der Waals surface area contributed by atoms with Crippen LogP contribution < -0.4 is 16.4 Å². The van der Waals surface area contributed by atoms with Crippen LogP contribution in [0.1, 0.15) is 12.5 Å². The first-order chi connectivity index (χ1) is 32.3. The van der Waals surface area contributed by atoms with Crippen molar-refractivity contribution in [3.8, 4) is 0 Å². The number of sulfonamides is 1. The normalized spacial score (nSPS) is 19.1. The fourth-order valence-electron chi connectivity index (χ4n) is 5.57.